The molecule has 0 unspecified atom stereocenters. The van der Waals surface area contributed by atoms with Crippen molar-refractivity contribution < 1.29 is 18.0 Å². The molecule has 1 aliphatic heterocycles. The minimum atomic E-state index is -3.27. The van der Waals surface area contributed by atoms with Crippen molar-refractivity contribution in [1.82, 2.24) is 9.80 Å². The van der Waals surface area contributed by atoms with Crippen LogP contribution in [0.4, 0.5) is 0 Å². The quantitative estimate of drug-likeness (QED) is 0.796. The van der Waals surface area contributed by atoms with Crippen molar-refractivity contribution >= 4 is 21.7 Å². The Balaban J connectivity index is 1.92. The maximum absolute atomic E-state index is 12.5. The van der Waals surface area contributed by atoms with Gasteiger partial charge in [-0.1, -0.05) is 13.8 Å². The van der Waals surface area contributed by atoms with E-state index in [4.69, 9.17) is 0 Å². The number of amides is 2. The normalized spacial score (nSPS) is 15.5. The van der Waals surface area contributed by atoms with Gasteiger partial charge in [0.1, 0.15) is 0 Å². The Labute approximate surface area is 149 Å². The molecule has 6 nitrogen and oxygen atoms in total. The Morgan fingerprint density at radius 3 is 2.00 bits per heavy atom. The summed E-state index contributed by atoms with van der Waals surface area (Å²) in [5, 5.41) is 0. The van der Waals surface area contributed by atoms with Crippen LogP contribution >= 0.6 is 0 Å². The van der Waals surface area contributed by atoms with E-state index >= 15 is 0 Å². The molecule has 0 aliphatic carbocycles. The topological polar surface area (TPSA) is 74.8 Å². The fourth-order valence-corrected chi connectivity index (χ4v) is 3.39. The molecule has 1 fully saturated rings. The van der Waals surface area contributed by atoms with Crippen LogP contribution in [0.25, 0.3) is 0 Å². The summed E-state index contributed by atoms with van der Waals surface area (Å²) in [7, 11) is -3.27. The lowest BCUT2D eigenvalue weighted by Crippen LogP contribution is -2.50. The number of hydrogen-bond acceptors (Lipinski definition) is 4. The van der Waals surface area contributed by atoms with E-state index in [1.807, 2.05) is 4.90 Å². The molecule has 1 aliphatic rings. The molecule has 0 aromatic heterocycles. The monoisotopic (exact) mass is 366 g/mol. The second-order valence-corrected chi connectivity index (χ2v) is 8.92. The highest BCUT2D eigenvalue weighted by molar-refractivity contribution is 7.90. The molecule has 0 spiro atoms. The molecule has 1 aromatic carbocycles. The summed E-state index contributed by atoms with van der Waals surface area (Å²) < 4.78 is 23.0. The summed E-state index contributed by atoms with van der Waals surface area (Å²) >= 11 is 0. The SMILES string of the molecule is CC(C)CCC(=O)N1CCN(C(=O)c2ccc(S(C)(=O)=O)cc2)CC1. The Hall–Kier alpha value is -1.89. The van der Waals surface area contributed by atoms with E-state index < -0.39 is 9.84 Å². The molecule has 2 amide bonds. The van der Waals surface area contributed by atoms with E-state index in [2.05, 4.69) is 13.8 Å². The van der Waals surface area contributed by atoms with Crippen LogP contribution in [0.15, 0.2) is 29.2 Å². The smallest absolute Gasteiger partial charge is 0.253 e. The standard InChI is InChI=1S/C18H26N2O4S/c1-14(2)4-9-17(21)19-10-12-20(13-11-19)18(22)15-5-7-16(8-6-15)25(3,23)24/h5-8,14H,4,9-13H2,1-3H3. The molecule has 0 saturated carbocycles. The summed E-state index contributed by atoms with van der Waals surface area (Å²) in [6.07, 6.45) is 2.57. The molecule has 1 saturated heterocycles. The van der Waals surface area contributed by atoms with Gasteiger partial charge in [-0.05, 0) is 36.6 Å². The van der Waals surface area contributed by atoms with Crippen LogP contribution in [0.5, 0.6) is 0 Å². The van der Waals surface area contributed by atoms with Gasteiger partial charge < -0.3 is 9.80 Å². The van der Waals surface area contributed by atoms with Gasteiger partial charge in [-0.15, -0.1) is 0 Å². The number of hydrogen-bond donors (Lipinski definition) is 0. The van der Waals surface area contributed by atoms with Gasteiger partial charge in [0.15, 0.2) is 9.84 Å². The van der Waals surface area contributed by atoms with Gasteiger partial charge in [0.2, 0.25) is 5.91 Å². The van der Waals surface area contributed by atoms with Crippen molar-refractivity contribution in [3.05, 3.63) is 29.8 Å². The molecular formula is C18H26N2O4S. The zero-order valence-corrected chi connectivity index (χ0v) is 15.9. The third-order valence-electron chi connectivity index (χ3n) is 4.38. The highest BCUT2D eigenvalue weighted by atomic mass is 32.2. The fraction of sp³-hybridized carbons (Fsp3) is 0.556. The number of rotatable bonds is 5. The number of carbonyl (C=O) groups excluding carboxylic acids is 2. The minimum absolute atomic E-state index is 0.130. The van der Waals surface area contributed by atoms with E-state index in [1.165, 1.54) is 12.1 Å². The van der Waals surface area contributed by atoms with Crippen LogP contribution in [-0.2, 0) is 14.6 Å². The van der Waals surface area contributed by atoms with Crippen LogP contribution in [0.2, 0.25) is 0 Å². The molecule has 138 valence electrons. The average Bonchev–Trinajstić information content (AvgIpc) is 2.58. The largest absolute Gasteiger partial charge is 0.339 e. The van der Waals surface area contributed by atoms with Crippen LogP contribution in [0.1, 0.15) is 37.0 Å². The van der Waals surface area contributed by atoms with Gasteiger partial charge in [-0.25, -0.2) is 8.42 Å². The Bertz CT molecular complexity index is 718. The molecule has 0 bridgehead atoms. The number of sulfone groups is 1. The highest BCUT2D eigenvalue weighted by Crippen LogP contribution is 2.14. The summed E-state index contributed by atoms with van der Waals surface area (Å²) in [4.78, 5) is 28.4. The molecule has 2 rings (SSSR count). The third kappa shape index (κ3) is 5.29. The first-order valence-electron chi connectivity index (χ1n) is 8.55. The van der Waals surface area contributed by atoms with Gasteiger partial charge in [-0.2, -0.15) is 0 Å². The number of benzene rings is 1. The summed E-state index contributed by atoms with van der Waals surface area (Å²) in [5.41, 5.74) is 0.465. The molecule has 25 heavy (non-hydrogen) atoms. The maximum Gasteiger partial charge on any atom is 0.253 e. The number of nitrogens with zero attached hydrogens (tertiary/aromatic N) is 2. The van der Waals surface area contributed by atoms with Gasteiger partial charge >= 0.3 is 0 Å². The van der Waals surface area contributed by atoms with Gasteiger partial charge in [0, 0.05) is 44.4 Å². The lowest BCUT2D eigenvalue weighted by atomic mass is 10.1. The maximum atomic E-state index is 12.5. The van der Waals surface area contributed by atoms with Crippen molar-refractivity contribution in [3.63, 3.8) is 0 Å². The highest BCUT2D eigenvalue weighted by Gasteiger charge is 2.24. The first kappa shape index (κ1) is 19.4. The molecule has 0 radical (unpaired) electrons. The van der Waals surface area contributed by atoms with Crippen LogP contribution in [-0.4, -0.2) is 62.5 Å². The fourth-order valence-electron chi connectivity index (χ4n) is 2.76. The van der Waals surface area contributed by atoms with Crippen molar-refractivity contribution in [2.75, 3.05) is 32.4 Å². The van der Waals surface area contributed by atoms with Crippen molar-refractivity contribution in [2.24, 2.45) is 5.92 Å². The predicted molar refractivity (Wildman–Crippen MR) is 96.1 cm³/mol. The van der Waals surface area contributed by atoms with Crippen LogP contribution in [0, 0.1) is 5.92 Å². The van der Waals surface area contributed by atoms with Crippen molar-refractivity contribution in [1.29, 1.82) is 0 Å². The summed E-state index contributed by atoms with van der Waals surface area (Å²) in [6, 6.07) is 5.99. The molecule has 1 aromatic rings. The average molecular weight is 366 g/mol. The first-order chi connectivity index (χ1) is 11.7. The lowest BCUT2D eigenvalue weighted by Gasteiger charge is -2.35. The summed E-state index contributed by atoms with van der Waals surface area (Å²) in [5.74, 6) is 0.523. The Morgan fingerprint density at radius 1 is 1.00 bits per heavy atom. The number of carbonyl (C=O) groups is 2. The zero-order chi connectivity index (χ0) is 18.6. The van der Waals surface area contributed by atoms with E-state index in [0.29, 0.717) is 44.1 Å². The molecular weight excluding hydrogens is 340 g/mol. The van der Waals surface area contributed by atoms with Crippen molar-refractivity contribution in [3.8, 4) is 0 Å². The second-order valence-electron chi connectivity index (χ2n) is 6.90. The zero-order valence-electron chi connectivity index (χ0n) is 15.1. The van der Waals surface area contributed by atoms with E-state index in [1.54, 1.807) is 17.0 Å². The molecule has 7 heteroatoms. The van der Waals surface area contributed by atoms with Crippen LogP contribution in [0.3, 0.4) is 0 Å². The Morgan fingerprint density at radius 2 is 1.52 bits per heavy atom. The Kier molecular flexibility index (Phi) is 6.21. The lowest BCUT2D eigenvalue weighted by molar-refractivity contribution is -0.132. The minimum Gasteiger partial charge on any atom is -0.339 e. The van der Waals surface area contributed by atoms with Gasteiger partial charge in [0.25, 0.3) is 5.91 Å². The van der Waals surface area contributed by atoms with Gasteiger partial charge in [-0.3, -0.25) is 9.59 Å². The van der Waals surface area contributed by atoms with Gasteiger partial charge in [0.05, 0.1) is 4.90 Å². The van der Waals surface area contributed by atoms with Crippen molar-refractivity contribution in [2.45, 2.75) is 31.6 Å². The first-order valence-corrected chi connectivity index (χ1v) is 10.4. The molecule has 0 atom stereocenters. The predicted octanol–water partition coefficient (Wildman–Crippen LogP) is 1.81. The molecule has 1 heterocycles. The molecule has 0 N–H and O–H groups in total. The van der Waals surface area contributed by atoms with E-state index in [-0.39, 0.29) is 16.7 Å². The van der Waals surface area contributed by atoms with E-state index in [9.17, 15) is 18.0 Å². The van der Waals surface area contributed by atoms with Crippen LogP contribution < -0.4 is 0 Å². The second kappa shape index (κ2) is 7.99. The van der Waals surface area contributed by atoms with E-state index in [0.717, 1.165) is 12.7 Å². The number of piperazine rings is 1. The third-order valence-corrected chi connectivity index (χ3v) is 5.51. The summed E-state index contributed by atoms with van der Waals surface area (Å²) in [6.45, 7) is 6.28.